The highest BCUT2D eigenvalue weighted by Gasteiger charge is 2.32. The van der Waals surface area contributed by atoms with Gasteiger partial charge in [-0.25, -0.2) is 4.39 Å². The van der Waals surface area contributed by atoms with Crippen LogP contribution in [-0.2, 0) is 11.2 Å². The van der Waals surface area contributed by atoms with Crippen LogP contribution in [0.5, 0.6) is 5.75 Å². The van der Waals surface area contributed by atoms with Crippen LogP contribution in [0.15, 0.2) is 53.2 Å². The number of hydrogen-bond donors (Lipinski definition) is 2. The van der Waals surface area contributed by atoms with Crippen molar-refractivity contribution in [2.75, 3.05) is 0 Å². The molecule has 0 spiro atoms. The first-order valence-electron chi connectivity index (χ1n) is 9.71. The average Bonchev–Trinajstić information content (AvgIpc) is 3.23. The van der Waals surface area contributed by atoms with Crippen LogP contribution in [0.4, 0.5) is 4.39 Å². The number of hydrogen-bond acceptors (Lipinski definition) is 6. The van der Waals surface area contributed by atoms with E-state index in [-0.39, 0.29) is 17.3 Å². The zero-order valence-corrected chi connectivity index (χ0v) is 18.2. The number of aliphatic hydroxyl groups excluding tert-OH is 1. The Labute approximate surface area is 192 Å². The maximum absolute atomic E-state index is 13.6. The number of carbonyl (C=O) groups is 1. The molecule has 2 heterocycles. The number of allylic oxidation sites excluding steroid dienone is 1. The number of rotatable bonds is 6. The molecule has 0 saturated heterocycles. The molecule has 3 aromatic rings. The Bertz CT molecular complexity index is 1180. The van der Waals surface area contributed by atoms with E-state index in [1.54, 1.807) is 24.3 Å². The molecule has 1 aromatic heterocycles. The summed E-state index contributed by atoms with van der Waals surface area (Å²) in [7, 11) is 0. The van der Waals surface area contributed by atoms with Gasteiger partial charge in [0.2, 0.25) is 11.7 Å². The van der Waals surface area contributed by atoms with Gasteiger partial charge < -0.3 is 19.7 Å². The number of aryl methyl sites for hydroxylation is 1. The number of aliphatic hydroxyl groups is 1. The quantitative estimate of drug-likeness (QED) is 0.536. The smallest absolute Gasteiger partial charge is 0.265 e. The van der Waals surface area contributed by atoms with Crippen LogP contribution in [0.3, 0.4) is 0 Å². The fourth-order valence-corrected chi connectivity index (χ4v) is 3.56. The minimum absolute atomic E-state index is 0.00580. The van der Waals surface area contributed by atoms with Gasteiger partial charge in [-0.2, -0.15) is 4.98 Å². The molecule has 10 heteroatoms. The normalized spacial score (nSPS) is 17.4. The lowest BCUT2D eigenvalue weighted by Crippen LogP contribution is -2.41. The van der Waals surface area contributed by atoms with E-state index in [4.69, 9.17) is 32.5 Å². The van der Waals surface area contributed by atoms with Gasteiger partial charge in [0.25, 0.3) is 5.91 Å². The highest BCUT2D eigenvalue weighted by Crippen LogP contribution is 2.36. The second kappa shape index (κ2) is 9.28. The van der Waals surface area contributed by atoms with Crippen molar-refractivity contribution in [3.63, 3.8) is 0 Å². The Morgan fingerprint density at radius 3 is 2.88 bits per heavy atom. The van der Waals surface area contributed by atoms with Crippen LogP contribution in [0, 0.1) is 5.82 Å². The van der Waals surface area contributed by atoms with Crippen molar-refractivity contribution in [3.05, 3.63) is 76.0 Å². The fourth-order valence-electron chi connectivity index (χ4n) is 3.26. The monoisotopic (exact) mass is 477 g/mol. The number of halogens is 3. The number of ether oxygens (including phenoxy) is 1. The molecule has 1 amide bonds. The van der Waals surface area contributed by atoms with Gasteiger partial charge in [-0.3, -0.25) is 4.79 Å². The molecule has 166 valence electrons. The topological polar surface area (TPSA) is 97.5 Å². The molecular weight excluding hydrogens is 460 g/mol. The number of benzene rings is 2. The van der Waals surface area contributed by atoms with E-state index < -0.39 is 23.9 Å². The van der Waals surface area contributed by atoms with E-state index in [0.717, 1.165) is 0 Å². The lowest BCUT2D eigenvalue weighted by atomic mass is 9.98. The molecule has 1 aliphatic rings. The molecule has 0 unspecified atom stereocenters. The molecule has 2 N–H and O–H groups in total. The summed E-state index contributed by atoms with van der Waals surface area (Å²) in [5.74, 6) is -0.0460. The van der Waals surface area contributed by atoms with Crippen LogP contribution >= 0.6 is 23.2 Å². The summed E-state index contributed by atoms with van der Waals surface area (Å²) in [5, 5.41) is 17.3. The first-order chi connectivity index (χ1) is 15.3. The van der Waals surface area contributed by atoms with Gasteiger partial charge in [-0.15, -0.1) is 0 Å². The van der Waals surface area contributed by atoms with E-state index in [1.165, 1.54) is 12.1 Å². The third-order valence-electron chi connectivity index (χ3n) is 4.92. The summed E-state index contributed by atoms with van der Waals surface area (Å²) in [6.45, 7) is 3.84. The van der Waals surface area contributed by atoms with Gasteiger partial charge in [-0.1, -0.05) is 34.9 Å². The molecule has 0 aliphatic carbocycles. The predicted octanol–water partition coefficient (Wildman–Crippen LogP) is 4.63. The molecule has 32 heavy (non-hydrogen) atoms. The number of fused-ring (bicyclic) bond motifs is 1. The van der Waals surface area contributed by atoms with Crippen LogP contribution in [-0.4, -0.2) is 27.3 Å². The zero-order chi connectivity index (χ0) is 22.8. The van der Waals surface area contributed by atoms with E-state index in [9.17, 15) is 14.3 Å². The van der Waals surface area contributed by atoms with Gasteiger partial charge in [0, 0.05) is 34.7 Å². The van der Waals surface area contributed by atoms with E-state index in [2.05, 4.69) is 22.0 Å². The minimum atomic E-state index is -0.870. The summed E-state index contributed by atoms with van der Waals surface area (Å²) >= 11 is 11.6. The van der Waals surface area contributed by atoms with E-state index >= 15 is 0 Å². The summed E-state index contributed by atoms with van der Waals surface area (Å²) in [5.41, 5.74) is 1.41. The first kappa shape index (κ1) is 22.3. The largest absolute Gasteiger partial charge is 0.480 e. The highest BCUT2D eigenvalue weighted by atomic mass is 35.5. The second-order valence-corrected chi connectivity index (χ2v) is 8.12. The van der Waals surface area contributed by atoms with E-state index in [0.29, 0.717) is 46.3 Å². The molecule has 1 aliphatic heterocycles. The van der Waals surface area contributed by atoms with Gasteiger partial charge in [0.1, 0.15) is 11.6 Å². The Morgan fingerprint density at radius 1 is 1.28 bits per heavy atom. The number of nitrogens with zero attached hydrogens (tertiary/aromatic N) is 2. The van der Waals surface area contributed by atoms with Gasteiger partial charge in [-0.05, 0) is 42.8 Å². The number of amides is 1. The highest BCUT2D eigenvalue weighted by molar-refractivity contribution is 6.31. The molecule has 7 nitrogen and oxygen atoms in total. The van der Waals surface area contributed by atoms with Gasteiger partial charge >= 0.3 is 0 Å². The van der Waals surface area contributed by atoms with Crippen LogP contribution in [0.2, 0.25) is 10.0 Å². The summed E-state index contributed by atoms with van der Waals surface area (Å²) in [6.07, 6.45) is -0.986. The van der Waals surface area contributed by atoms with Crippen molar-refractivity contribution in [1.82, 2.24) is 15.5 Å². The molecule has 0 fully saturated rings. The van der Waals surface area contributed by atoms with Crippen molar-refractivity contribution < 1.29 is 23.6 Å². The Balaban J connectivity index is 1.31. The van der Waals surface area contributed by atoms with Crippen molar-refractivity contribution in [1.29, 1.82) is 0 Å². The lowest BCUT2D eigenvalue weighted by Gasteiger charge is -2.29. The van der Waals surface area contributed by atoms with Gasteiger partial charge in [0.15, 0.2) is 6.10 Å². The number of nitrogens with one attached hydrogen (secondary N) is 1. The van der Waals surface area contributed by atoms with E-state index in [1.807, 2.05) is 0 Å². The maximum atomic E-state index is 13.6. The molecule has 0 bridgehead atoms. The average molecular weight is 478 g/mol. The van der Waals surface area contributed by atoms with Crippen LogP contribution < -0.4 is 10.1 Å². The Kier molecular flexibility index (Phi) is 6.45. The van der Waals surface area contributed by atoms with Gasteiger partial charge in [0.05, 0.1) is 11.1 Å². The Morgan fingerprint density at radius 2 is 2.09 bits per heavy atom. The molecule has 0 saturated carbocycles. The molecule has 2 aromatic carbocycles. The molecular formula is C22H18Cl2FN3O4. The molecule has 0 radical (unpaired) electrons. The van der Waals surface area contributed by atoms with Crippen LogP contribution in [0.25, 0.3) is 11.4 Å². The van der Waals surface area contributed by atoms with Crippen molar-refractivity contribution >= 4 is 29.1 Å². The van der Waals surface area contributed by atoms with Crippen molar-refractivity contribution in [2.45, 2.75) is 31.5 Å². The summed E-state index contributed by atoms with van der Waals surface area (Å²) < 4.78 is 24.5. The first-order valence-corrected chi connectivity index (χ1v) is 10.5. The third-order valence-corrected chi connectivity index (χ3v) is 5.46. The standard InChI is InChI=1S/C22H18Cl2FN3O4/c1-11(2-7-20-27-21(28-32-20)12-3-5-15(24)16(25)8-12)26-22(30)19-10-17(29)14-9-13(23)4-6-18(14)31-19/h3-6,8-9,17,19,29H,1-2,7,10H2,(H,26,30)/t17-,19-/m0/s1. The zero-order valence-electron chi connectivity index (χ0n) is 16.6. The Hall–Kier alpha value is -2.94. The van der Waals surface area contributed by atoms with Crippen molar-refractivity contribution in [2.24, 2.45) is 0 Å². The SMILES string of the molecule is C=C(CCc1nc(-c2ccc(Cl)c(F)c2)no1)NC(=O)[C@@H]1C[C@H](O)c2cc(Cl)ccc2O1. The third kappa shape index (κ3) is 4.93. The van der Waals surface area contributed by atoms with Crippen molar-refractivity contribution in [3.8, 4) is 17.1 Å². The molecule has 2 atom stereocenters. The second-order valence-electron chi connectivity index (χ2n) is 7.27. The minimum Gasteiger partial charge on any atom is -0.480 e. The number of aromatic nitrogens is 2. The molecule has 4 rings (SSSR count). The summed E-state index contributed by atoms with van der Waals surface area (Å²) in [4.78, 5) is 16.8. The lowest BCUT2D eigenvalue weighted by molar-refractivity contribution is -0.129. The summed E-state index contributed by atoms with van der Waals surface area (Å²) in [6, 6.07) is 9.09. The fraction of sp³-hybridized carbons (Fsp3) is 0.227. The predicted molar refractivity (Wildman–Crippen MR) is 116 cm³/mol. The number of carbonyl (C=O) groups excluding carboxylic acids is 1. The van der Waals surface area contributed by atoms with Crippen LogP contribution in [0.1, 0.15) is 30.4 Å². The maximum Gasteiger partial charge on any atom is 0.265 e.